The van der Waals surface area contributed by atoms with Gasteiger partial charge in [-0.05, 0) is 24.8 Å². The molecule has 0 aromatic carbocycles. The van der Waals surface area contributed by atoms with Gasteiger partial charge in [-0.1, -0.05) is 59.2 Å². The molecule has 0 saturated carbocycles. The second-order valence-corrected chi connectivity index (χ2v) is 6.07. The van der Waals surface area contributed by atoms with Crippen molar-refractivity contribution < 1.29 is 4.79 Å². The van der Waals surface area contributed by atoms with Crippen LogP contribution in [-0.4, -0.2) is 12.5 Å². The maximum absolute atomic E-state index is 11.0. The summed E-state index contributed by atoms with van der Waals surface area (Å²) in [6, 6.07) is 0. The molecular formula is C15H35BN2O. The van der Waals surface area contributed by atoms with Crippen molar-refractivity contribution in [1.82, 2.24) is 12.3 Å². The highest BCUT2D eigenvalue weighted by molar-refractivity contribution is 6.58. The molecule has 0 heterocycles. The van der Waals surface area contributed by atoms with Gasteiger partial charge in [-0.2, -0.15) is 0 Å². The van der Waals surface area contributed by atoms with Gasteiger partial charge in [0.05, 0.1) is 0 Å². The van der Waals surface area contributed by atoms with Crippen molar-refractivity contribution in [3.05, 3.63) is 11.6 Å². The molecular weight excluding hydrogens is 235 g/mol. The van der Waals surface area contributed by atoms with Crippen molar-refractivity contribution in [2.75, 3.05) is 0 Å². The van der Waals surface area contributed by atoms with Crippen molar-refractivity contribution in [2.24, 2.45) is 5.41 Å². The van der Waals surface area contributed by atoms with E-state index in [1.165, 1.54) is 24.5 Å². The zero-order valence-corrected chi connectivity index (χ0v) is 14.0. The quantitative estimate of drug-likeness (QED) is 0.692. The topological polar surface area (TPSA) is 87.1 Å². The van der Waals surface area contributed by atoms with E-state index in [-0.39, 0.29) is 23.5 Å². The highest BCUT2D eigenvalue weighted by Gasteiger charge is 2.25. The van der Waals surface area contributed by atoms with Crippen LogP contribution in [0.2, 0.25) is 19.0 Å². The third kappa shape index (κ3) is 11.0. The van der Waals surface area contributed by atoms with E-state index in [0.29, 0.717) is 6.42 Å². The summed E-state index contributed by atoms with van der Waals surface area (Å²) < 4.78 is 0. The molecule has 19 heavy (non-hydrogen) atoms. The predicted molar refractivity (Wildman–Crippen MR) is 89.0 cm³/mol. The lowest BCUT2D eigenvalue weighted by molar-refractivity contribution is -0.117. The largest absolute Gasteiger partial charge is 0.344 e. The van der Waals surface area contributed by atoms with E-state index in [1.807, 2.05) is 6.92 Å². The Kier molecular flexibility index (Phi) is 13.9. The van der Waals surface area contributed by atoms with Crippen LogP contribution >= 0.6 is 0 Å². The Hall–Kier alpha value is -0.605. The van der Waals surface area contributed by atoms with Gasteiger partial charge in [-0.15, -0.1) is 0 Å². The molecule has 1 rings (SSSR count). The molecule has 1 aliphatic carbocycles. The monoisotopic (exact) mass is 270 g/mol. The van der Waals surface area contributed by atoms with Gasteiger partial charge >= 0.3 is 0 Å². The van der Waals surface area contributed by atoms with E-state index in [0.717, 1.165) is 13.1 Å². The lowest BCUT2D eigenvalue weighted by atomic mass is 9.44. The van der Waals surface area contributed by atoms with Crippen molar-refractivity contribution in [3.8, 4) is 0 Å². The summed E-state index contributed by atoms with van der Waals surface area (Å²) in [6.07, 6.45) is 7.61. The fourth-order valence-corrected chi connectivity index (χ4v) is 2.53. The molecule has 0 aromatic heterocycles. The lowest BCUT2D eigenvalue weighted by Crippen LogP contribution is -2.20. The minimum absolute atomic E-state index is 0. The zero-order chi connectivity index (χ0) is 13.5. The SMILES string of the molecule is CC1=CC(=O)CC(C)(C)C1.CCB(CC)CC.N.N. The minimum atomic E-state index is 0. The Balaban J connectivity index is -0.000000258. The molecule has 0 fully saturated rings. The molecule has 0 saturated heterocycles. The summed E-state index contributed by atoms with van der Waals surface area (Å²) in [4.78, 5) is 11.0. The Morgan fingerprint density at radius 2 is 1.47 bits per heavy atom. The van der Waals surface area contributed by atoms with Crippen LogP contribution in [0.5, 0.6) is 0 Å². The van der Waals surface area contributed by atoms with Gasteiger partial charge in [0.25, 0.3) is 0 Å². The molecule has 0 spiro atoms. The Morgan fingerprint density at radius 3 is 1.68 bits per heavy atom. The molecule has 114 valence electrons. The van der Waals surface area contributed by atoms with Crippen molar-refractivity contribution >= 4 is 12.5 Å². The van der Waals surface area contributed by atoms with E-state index in [1.54, 1.807) is 6.08 Å². The number of hydrogen-bond donors (Lipinski definition) is 2. The number of rotatable bonds is 3. The summed E-state index contributed by atoms with van der Waals surface area (Å²) >= 11 is 0. The number of hydrogen-bond acceptors (Lipinski definition) is 3. The van der Waals surface area contributed by atoms with Gasteiger partial charge in [0, 0.05) is 6.42 Å². The predicted octanol–water partition coefficient (Wildman–Crippen LogP) is 5.19. The fourth-order valence-electron chi connectivity index (χ4n) is 2.53. The van der Waals surface area contributed by atoms with Crippen LogP contribution < -0.4 is 12.3 Å². The molecule has 0 amide bonds. The molecule has 0 bridgehead atoms. The van der Waals surface area contributed by atoms with E-state index in [4.69, 9.17) is 0 Å². The third-order valence-electron chi connectivity index (χ3n) is 3.55. The lowest BCUT2D eigenvalue weighted by Gasteiger charge is -2.27. The van der Waals surface area contributed by atoms with Crippen LogP contribution in [0.3, 0.4) is 0 Å². The summed E-state index contributed by atoms with van der Waals surface area (Å²) in [5.74, 6) is 0.286. The number of allylic oxidation sites excluding steroid dienone is 2. The molecule has 0 aromatic rings. The van der Waals surface area contributed by atoms with Crippen molar-refractivity contribution in [2.45, 2.75) is 73.3 Å². The highest BCUT2D eigenvalue weighted by Crippen LogP contribution is 2.32. The second-order valence-electron chi connectivity index (χ2n) is 6.07. The molecule has 3 nitrogen and oxygen atoms in total. The van der Waals surface area contributed by atoms with Crippen LogP contribution in [0.1, 0.15) is 54.4 Å². The van der Waals surface area contributed by atoms with Crippen LogP contribution in [0.25, 0.3) is 0 Å². The minimum Gasteiger partial charge on any atom is -0.344 e. The van der Waals surface area contributed by atoms with Crippen LogP contribution in [0.4, 0.5) is 0 Å². The first-order chi connectivity index (χ1) is 7.84. The smallest absolute Gasteiger partial charge is 0.156 e. The zero-order valence-electron chi connectivity index (χ0n) is 14.0. The first-order valence-corrected chi connectivity index (χ1v) is 7.04. The summed E-state index contributed by atoms with van der Waals surface area (Å²) in [6.45, 7) is 14.1. The highest BCUT2D eigenvalue weighted by atomic mass is 16.1. The van der Waals surface area contributed by atoms with E-state index in [9.17, 15) is 4.79 Å². The van der Waals surface area contributed by atoms with Crippen LogP contribution in [-0.2, 0) is 4.79 Å². The standard InChI is InChI=1S/C9H14O.C6H15B.2H3N/c1-7-4-8(10)6-9(2,3)5-7;1-4-7(5-2)6-3;;/h4H,5-6H2,1-3H3;4-6H2,1-3H3;2*1H3. The maximum Gasteiger partial charge on any atom is 0.156 e. The van der Waals surface area contributed by atoms with Gasteiger partial charge < -0.3 is 12.3 Å². The van der Waals surface area contributed by atoms with Crippen LogP contribution in [0, 0.1) is 5.41 Å². The van der Waals surface area contributed by atoms with E-state index < -0.39 is 0 Å². The maximum atomic E-state index is 11.0. The van der Waals surface area contributed by atoms with Gasteiger partial charge in [0.1, 0.15) is 6.71 Å². The second kappa shape index (κ2) is 11.2. The van der Waals surface area contributed by atoms with Gasteiger partial charge in [0.2, 0.25) is 0 Å². The molecule has 0 aliphatic heterocycles. The van der Waals surface area contributed by atoms with Crippen molar-refractivity contribution in [3.63, 3.8) is 0 Å². The van der Waals surface area contributed by atoms with Gasteiger partial charge in [0.15, 0.2) is 5.78 Å². The Morgan fingerprint density at radius 1 is 1.05 bits per heavy atom. The average molecular weight is 270 g/mol. The Bertz CT molecular complexity index is 266. The summed E-state index contributed by atoms with van der Waals surface area (Å²) in [7, 11) is 0. The summed E-state index contributed by atoms with van der Waals surface area (Å²) in [5, 5.41) is 0. The van der Waals surface area contributed by atoms with Gasteiger partial charge in [-0.3, -0.25) is 4.79 Å². The normalized spacial score (nSPS) is 16.1. The Labute approximate surface area is 120 Å². The van der Waals surface area contributed by atoms with E-state index >= 15 is 0 Å². The first-order valence-electron chi connectivity index (χ1n) is 7.04. The van der Waals surface area contributed by atoms with Crippen LogP contribution in [0.15, 0.2) is 11.6 Å². The number of ketones is 1. The molecule has 6 N–H and O–H groups in total. The summed E-state index contributed by atoms with van der Waals surface area (Å²) in [5.41, 5.74) is 1.43. The molecule has 0 unspecified atom stereocenters. The fraction of sp³-hybridized carbons (Fsp3) is 0.800. The molecule has 0 atom stereocenters. The van der Waals surface area contributed by atoms with Crippen molar-refractivity contribution in [1.29, 1.82) is 0 Å². The number of carbonyl (C=O) groups is 1. The first kappa shape index (κ1) is 23.5. The van der Waals surface area contributed by atoms with E-state index in [2.05, 4.69) is 34.6 Å². The molecule has 1 aliphatic rings. The molecule has 4 heteroatoms. The number of carbonyl (C=O) groups excluding carboxylic acids is 1. The molecule has 0 radical (unpaired) electrons. The van der Waals surface area contributed by atoms with Gasteiger partial charge in [-0.25, -0.2) is 0 Å². The average Bonchev–Trinajstić information content (AvgIpc) is 2.17. The third-order valence-corrected chi connectivity index (χ3v) is 3.55.